The molecule has 3 nitrogen and oxygen atoms in total. The first-order valence-corrected chi connectivity index (χ1v) is 6.27. The highest BCUT2D eigenvalue weighted by atomic mass is 79.9. The van der Waals surface area contributed by atoms with Crippen LogP contribution in [-0.4, -0.2) is 12.1 Å². The van der Waals surface area contributed by atoms with Crippen molar-refractivity contribution in [3.05, 3.63) is 46.9 Å². The molecule has 1 heterocycles. The maximum atomic E-state index is 5.76. The number of hydrogen-bond donors (Lipinski definition) is 0. The molecule has 0 N–H and O–H groups in total. The van der Waals surface area contributed by atoms with Crippen LogP contribution >= 0.6 is 15.9 Å². The van der Waals surface area contributed by atoms with E-state index < -0.39 is 0 Å². The Bertz CT molecular complexity index is 692. The van der Waals surface area contributed by atoms with Crippen LogP contribution in [0.5, 0.6) is 5.75 Å². The van der Waals surface area contributed by atoms with Crippen molar-refractivity contribution >= 4 is 27.0 Å². The van der Waals surface area contributed by atoms with Crippen molar-refractivity contribution in [2.45, 2.75) is 0 Å². The molecule has 0 bridgehead atoms. The number of methoxy groups -OCH3 is 1. The summed E-state index contributed by atoms with van der Waals surface area (Å²) in [5.41, 5.74) is 2.47. The minimum absolute atomic E-state index is 0.611. The molecule has 0 aliphatic heterocycles. The minimum Gasteiger partial charge on any atom is -0.497 e. The fourth-order valence-electron chi connectivity index (χ4n) is 1.79. The van der Waals surface area contributed by atoms with Crippen LogP contribution in [0, 0.1) is 0 Å². The van der Waals surface area contributed by atoms with Gasteiger partial charge in [-0.1, -0.05) is 18.2 Å². The molecule has 0 aliphatic rings. The van der Waals surface area contributed by atoms with Crippen LogP contribution < -0.4 is 4.74 Å². The van der Waals surface area contributed by atoms with Gasteiger partial charge in [0.25, 0.3) is 0 Å². The standard InChI is InChI=1S/C14H10BrNO2/c1-17-10-7-11(15)13-12(8-10)18-14(16-13)9-5-3-2-4-6-9/h2-8H,1H3. The molecule has 2 aromatic carbocycles. The van der Waals surface area contributed by atoms with Gasteiger partial charge in [-0.3, -0.25) is 0 Å². The van der Waals surface area contributed by atoms with E-state index >= 15 is 0 Å². The Morgan fingerprint density at radius 3 is 2.67 bits per heavy atom. The molecule has 4 heteroatoms. The lowest BCUT2D eigenvalue weighted by Gasteiger charge is -1.98. The van der Waals surface area contributed by atoms with Gasteiger partial charge in [-0.05, 0) is 34.1 Å². The smallest absolute Gasteiger partial charge is 0.227 e. The molecule has 0 fully saturated rings. The van der Waals surface area contributed by atoms with E-state index in [2.05, 4.69) is 20.9 Å². The van der Waals surface area contributed by atoms with Gasteiger partial charge in [-0.2, -0.15) is 0 Å². The van der Waals surface area contributed by atoms with E-state index in [9.17, 15) is 0 Å². The second kappa shape index (κ2) is 4.46. The molecule has 0 amide bonds. The fraction of sp³-hybridized carbons (Fsp3) is 0.0714. The van der Waals surface area contributed by atoms with E-state index in [1.165, 1.54) is 0 Å². The van der Waals surface area contributed by atoms with Gasteiger partial charge in [-0.25, -0.2) is 4.98 Å². The Hall–Kier alpha value is -1.81. The van der Waals surface area contributed by atoms with E-state index in [-0.39, 0.29) is 0 Å². The summed E-state index contributed by atoms with van der Waals surface area (Å²) >= 11 is 3.47. The van der Waals surface area contributed by atoms with E-state index in [4.69, 9.17) is 9.15 Å². The quantitative estimate of drug-likeness (QED) is 0.709. The van der Waals surface area contributed by atoms with Crippen molar-refractivity contribution in [3.8, 4) is 17.2 Å². The highest BCUT2D eigenvalue weighted by Gasteiger charge is 2.12. The lowest BCUT2D eigenvalue weighted by atomic mass is 10.2. The summed E-state index contributed by atoms with van der Waals surface area (Å²) in [5, 5.41) is 0. The second-order valence-corrected chi connectivity index (χ2v) is 4.70. The second-order valence-electron chi connectivity index (χ2n) is 3.84. The number of fused-ring (bicyclic) bond motifs is 1. The van der Waals surface area contributed by atoms with Gasteiger partial charge in [0.2, 0.25) is 5.89 Å². The fourth-order valence-corrected chi connectivity index (χ4v) is 2.30. The van der Waals surface area contributed by atoms with Gasteiger partial charge < -0.3 is 9.15 Å². The largest absolute Gasteiger partial charge is 0.497 e. The van der Waals surface area contributed by atoms with E-state index in [0.29, 0.717) is 11.5 Å². The van der Waals surface area contributed by atoms with Gasteiger partial charge in [0.1, 0.15) is 11.3 Å². The summed E-state index contributed by atoms with van der Waals surface area (Å²) in [6.07, 6.45) is 0. The zero-order chi connectivity index (χ0) is 12.5. The predicted molar refractivity (Wildman–Crippen MR) is 73.7 cm³/mol. The van der Waals surface area contributed by atoms with Crippen LogP contribution in [0.2, 0.25) is 0 Å². The minimum atomic E-state index is 0.611. The highest BCUT2D eigenvalue weighted by Crippen LogP contribution is 2.32. The van der Waals surface area contributed by atoms with Gasteiger partial charge in [-0.15, -0.1) is 0 Å². The summed E-state index contributed by atoms with van der Waals surface area (Å²) in [7, 11) is 1.63. The molecule has 3 aromatic rings. The molecule has 0 spiro atoms. The molecule has 1 aromatic heterocycles. The molecule has 0 unspecified atom stereocenters. The predicted octanol–water partition coefficient (Wildman–Crippen LogP) is 4.27. The SMILES string of the molecule is COc1cc(Br)c2nc(-c3ccccc3)oc2c1. The van der Waals surface area contributed by atoms with Crippen LogP contribution in [0.3, 0.4) is 0 Å². The third-order valence-corrected chi connectivity index (χ3v) is 3.28. The Labute approximate surface area is 113 Å². The first-order chi connectivity index (χ1) is 8.78. The number of rotatable bonds is 2. The Morgan fingerprint density at radius 1 is 1.17 bits per heavy atom. The topological polar surface area (TPSA) is 35.3 Å². The maximum absolute atomic E-state index is 5.76. The van der Waals surface area contributed by atoms with E-state index in [1.54, 1.807) is 7.11 Å². The van der Waals surface area contributed by atoms with Crippen LogP contribution in [-0.2, 0) is 0 Å². The van der Waals surface area contributed by atoms with Crippen LogP contribution in [0.25, 0.3) is 22.6 Å². The highest BCUT2D eigenvalue weighted by molar-refractivity contribution is 9.10. The van der Waals surface area contributed by atoms with Gasteiger partial charge >= 0.3 is 0 Å². The monoisotopic (exact) mass is 303 g/mol. The summed E-state index contributed by atoms with van der Waals surface area (Å²) in [4.78, 5) is 4.49. The third kappa shape index (κ3) is 1.88. The zero-order valence-electron chi connectivity index (χ0n) is 9.68. The summed E-state index contributed by atoms with van der Waals surface area (Å²) < 4.78 is 11.8. The van der Waals surface area contributed by atoms with Crippen molar-refractivity contribution < 1.29 is 9.15 Å². The Morgan fingerprint density at radius 2 is 1.94 bits per heavy atom. The number of nitrogens with zero attached hydrogens (tertiary/aromatic N) is 1. The molecular formula is C14H10BrNO2. The third-order valence-electron chi connectivity index (χ3n) is 2.68. The molecule has 0 saturated carbocycles. The maximum Gasteiger partial charge on any atom is 0.227 e. The van der Waals surface area contributed by atoms with Crippen molar-refractivity contribution in [1.82, 2.24) is 4.98 Å². The van der Waals surface area contributed by atoms with Crippen LogP contribution in [0.4, 0.5) is 0 Å². The Kier molecular flexibility index (Phi) is 2.80. The Balaban J connectivity index is 2.20. The van der Waals surface area contributed by atoms with Crippen molar-refractivity contribution in [2.24, 2.45) is 0 Å². The van der Waals surface area contributed by atoms with Crippen molar-refractivity contribution in [2.75, 3.05) is 7.11 Å². The summed E-state index contributed by atoms with van der Waals surface area (Å²) in [6.45, 7) is 0. The number of benzene rings is 2. The normalized spacial score (nSPS) is 10.8. The first kappa shape index (κ1) is 11.3. The van der Waals surface area contributed by atoms with Crippen molar-refractivity contribution in [1.29, 1.82) is 0 Å². The molecule has 3 rings (SSSR count). The average molecular weight is 304 g/mol. The molecule has 0 aliphatic carbocycles. The number of oxazole rings is 1. The lowest BCUT2D eigenvalue weighted by molar-refractivity contribution is 0.414. The number of aromatic nitrogens is 1. The molecule has 0 saturated heterocycles. The number of hydrogen-bond acceptors (Lipinski definition) is 3. The number of ether oxygens (including phenoxy) is 1. The van der Waals surface area contributed by atoms with E-state index in [1.807, 2.05) is 42.5 Å². The average Bonchev–Trinajstić information content (AvgIpc) is 2.84. The van der Waals surface area contributed by atoms with Crippen LogP contribution in [0.15, 0.2) is 51.4 Å². The zero-order valence-corrected chi connectivity index (χ0v) is 11.3. The first-order valence-electron chi connectivity index (χ1n) is 5.47. The molecule has 0 atom stereocenters. The van der Waals surface area contributed by atoms with E-state index in [0.717, 1.165) is 21.3 Å². The van der Waals surface area contributed by atoms with Crippen molar-refractivity contribution in [3.63, 3.8) is 0 Å². The lowest BCUT2D eigenvalue weighted by Crippen LogP contribution is -1.82. The number of halogens is 1. The molecule has 0 radical (unpaired) electrons. The summed E-state index contributed by atoms with van der Waals surface area (Å²) in [6, 6.07) is 13.5. The van der Waals surface area contributed by atoms with Gasteiger partial charge in [0, 0.05) is 11.6 Å². The van der Waals surface area contributed by atoms with Gasteiger partial charge in [0.15, 0.2) is 5.58 Å². The van der Waals surface area contributed by atoms with Gasteiger partial charge in [0.05, 0.1) is 11.6 Å². The molecule has 18 heavy (non-hydrogen) atoms. The summed E-state index contributed by atoms with van der Waals surface area (Å²) in [5.74, 6) is 1.35. The molecular weight excluding hydrogens is 294 g/mol. The van der Waals surface area contributed by atoms with Crippen LogP contribution in [0.1, 0.15) is 0 Å². The molecule has 90 valence electrons.